The lowest BCUT2D eigenvalue weighted by atomic mass is 10.1. The molecular formula is C23H20FN5O5. The number of nitrogens with zero attached hydrogens (tertiary/aromatic N) is 4. The van der Waals surface area contributed by atoms with Crippen LogP contribution in [0.4, 0.5) is 21.5 Å². The fraction of sp³-hybridized carbons (Fsp3) is 0.217. The number of carbonyl (C=O) groups is 3. The molecule has 1 fully saturated rings. The molecule has 0 bridgehead atoms. The van der Waals surface area contributed by atoms with E-state index in [0.29, 0.717) is 37.1 Å². The Hall–Kier alpha value is -4.41. The Labute approximate surface area is 193 Å². The van der Waals surface area contributed by atoms with Gasteiger partial charge in [-0.05, 0) is 24.3 Å². The smallest absolute Gasteiger partial charge is 0.332 e. The van der Waals surface area contributed by atoms with E-state index in [1.54, 1.807) is 17.2 Å². The van der Waals surface area contributed by atoms with Crippen molar-refractivity contribution in [2.45, 2.75) is 6.92 Å². The van der Waals surface area contributed by atoms with Crippen LogP contribution in [0.5, 0.6) is 0 Å². The molecule has 0 unspecified atom stereocenters. The summed E-state index contributed by atoms with van der Waals surface area (Å²) >= 11 is 0. The number of hydrogen-bond donors (Lipinski definition) is 1. The van der Waals surface area contributed by atoms with Crippen molar-refractivity contribution >= 4 is 45.8 Å². The highest BCUT2D eigenvalue weighted by molar-refractivity contribution is 6.10. The molecule has 1 aliphatic rings. The molecule has 0 aliphatic carbocycles. The van der Waals surface area contributed by atoms with Gasteiger partial charge in [-0.25, -0.2) is 0 Å². The fourth-order valence-electron chi connectivity index (χ4n) is 3.84. The van der Waals surface area contributed by atoms with Crippen LogP contribution in [0.25, 0.3) is 10.9 Å². The van der Waals surface area contributed by atoms with Crippen molar-refractivity contribution in [1.29, 1.82) is 0 Å². The number of carbonyl (C=O) groups excluding carboxylic acids is 3. The molecule has 1 aliphatic heterocycles. The van der Waals surface area contributed by atoms with Crippen LogP contribution < -0.4 is 10.2 Å². The predicted molar refractivity (Wildman–Crippen MR) is 123 cm³/mol. The highest BCUT2D eigenvalue weighted by Gasteiger charge is 2.21. The standard InChI is InChI=1S/C23H20FN5O5/c1-14(30)27-5-7-28(8-6-27)18-12-19-20(25-13-18)10-16(22(24)31)11-21(19)26-23(32)15-3-2-4-17(9-15)29(33)34/h2-4,9-13H,5-8H2,1H3,(H,26,32). The molecule has 2 amide bonds. The zero-order valence-corrected chi connectivity index (χ0v) is 18.2. The van der Waals surface area contributed by atoms with E-state index in [1.807, 2.05) is 4.90 Å². The van der Waals surface area contributed by atoms with E-state index in [1.165, 1.54) is 37.3 Å². The normalized spacial score (nSPS) is 13.6. The van der Waals surface area contributed by atoms with E-state index in [9.17, 15) is 28.9 Å². The second-order valence-corrected chi connectivity index (χ2v) is 7.81. The number of pyridine rings is 1. The third-order valence-corrected chi connectivity index (χ3v) is 5.67. The highest BCUT2D eigenvalue weighted by Crippen LogP contribution is 2.30. The molecule has 0 radical (unpaired) electrons. The number of anilines is 2. The van der Waals surface area contributed by atoms with Crippen molar-refractivity contribution < 1.29 is 23.7 Å². The van der Waals surface area contributed by atoms with Crippen LogP contribution in [0.1, 0.15) is 27.6 Å². The Morgan fingerprint density at radius 1 is 1.06 bits per heavy atom. The van der Waals surface area contributed by atoms with Crippen LogP contribution in [0.2, 0.25) is 0 Å². The summed E-state index contributed by atoms with van der Waals surface area (Å²) in [5, 5.41) is 14.1. The van der Waals surface area contributed by atoms with Crippen LogP contribution in [-0.2, 0) is 4.79 Å². The number of nitrogens with one attached hydrogen (secondary N) is 1. The lowest BCUT2D eigenvalue weighted by molar-refractivity contribution is -0.384. The molecule has 0 saturated carbocycles. The van der Waals surface area contributed by atoms with Gasteiger partial charge in [0.05, 0.1) is 33.6 Å². The van der Waals surface area contributed by atoms with Gasteiger partial charge in [0.15, 0.2) is 0 Å². The first-order chi connectivity index (χ1) is 16.2. The van der Waals surface area contributed by atoms with Gasteiger partial charge in [0.2, 0.25) is 5.91 Å². The van der Waals surface area contributed by atoms with Gasteiger partial charge >= 0.3 is 6.04 Å². The average molecular weight is 465 g/mol. The summed E-state index contributed by atoms with van der Waals surface area (Å²) < 4.78 is 13.5. The highest BCUT2D eigenvalue weighted by atomic mass is 19.1. The topological polar surface area (TPSA) is 126 Å². The number of aromatic nitrogens is 1. The maximum Gasteiger partial charge on any atom is 0.332 e. The number of fused-ring (bicyclic) bond motifs is 1. The molecule has 2 heterocycles. The molecule has 174 valence electrons. The molecule has 0 spiro atoms. The molecule has 34 heavy (non-hydrogen) atoms. The monoisotopic (exact) mass is 465 g/mol. The molecule has 1 saturated heterocycles. The Bertz CT molecular complexity index is 1320. The number of halogens is 1. The van der Waals surface area contributed by atoms with Gasteiger partial charge in [0.1, 0.15) is 0 Å². The second kappa shape index (κ2) is 9.22. The van der Waals surface area contributed by atoms with Crippen LogP contribution in [0.15, 0.2) is 48.7 Å². The minimum Gasteiger partial charge on any atom is -0.367 e. The number of hydrogen-bond acceptors (Lipinski definition) is 7. The van der Waals surface area contributed by atoms with E-state index in [0.717, 1.165) is 11.8 Å². The first-order valence-corrected chi connectivity index (χ1v) is 10.4. The minimum atomic E-state index is -1.68. The maximum absolute atomic E-state index is 13.5. The molecule has 2 aromatic carbocycles. The molecule has 4 rings (SSSR count). The van der Waals surface area contributed by atoms with Crippen LogP contribution >= 0.6 is 0 Å². The van der Waals surface area contributed by atoms with Gasteiger partial charge in [0, 0.05) is 56.2 Å². The average Bonchev–Trinajstić information content (AvgIpc) is 2.83. The summed E-state index contributed by atoms with van der Waals surface area (Å²) in [6.07, 6.45) is 1.59. The molecule has 3 aromatic rings. The lowest BCUT2D eigenvalue weighted by Gasteiger charge is -2.35. The lowest BCUT2D eigenvalue weighted by Crippen LogP contribution is -2.48. The minimum absolute atomic E-state index is 0.00542. The first-order valence-electron chi connectivity index (χ1n) is 10.4. The van der Waals surface area contributed by atoms with Crippen molar-refractivity contribution in [3.05, 3.63) is 69.9 Å². The zero-order valence-electron chi connectivity index (χ0n) is 18.2. The van der Waals surface area contributed by atoms with E-state index < -0.39 is 16.9 Å². The summed E-state index contributed by atoms with van der Waals surface area (Å²) in [5.74, 6) is -0.653. The summed E-state index contributed by atoms with van der Waals surface area (Å²) in [4.78, 5) is 54.3. The van der Waals surface area contributed by atoms with Crippen LogP contribution in [0.3, 0.4) is 0 Å². The summed E-state index contributed by atoms with van der Waals surface area (Å²) in [5.41, 5.74) is 0.677. The first kappa shape index (κ1) is 22.8. The Kier molecular flexibility index (Phi) is 6.17. The van der Waals surface area contributed by atoms with Crippen molar-refractivity contribution in [3.63, 3.8) is 0 Å². The van der Waals surface area contributed by atoms with Crippen LogP contribution in [-0.4, -0.2) is 58.8 Å². The molecule has 1 N–H and O–H groups in total. The second-order valence-electron chi connectivity index (χ2n) is 7.81. The quantitative estimate of drug-likeness (QED) is 0.348. The van der Waals surface area contributed by atoms with Gasteiger partial charge in [0.25, 0.3) is 11.6 Å². The predicted octanol–water partition coefficient (Wildman–Crippen LogP) is 3.17. The van der Waals surface area contributed by atoms with E-state index in [4.69, 9.17) is 0 Å². The van der Waals surface area contributed by atoms with Crippen molar-refractivity contribution in [2.24, 2.45) is 0 Å². The van der Waals surface area contributed by atoms with Crippen molar-refractivity contribution in [3.8, 4) is 0 Å². The van der Waals surface area contributed by atoms with E-state index in [-0.39, 0.29) is 28.4 Å². The number of nitro benzene ring substituents is 1. The van der Waals surface area contributed by atoms with Gasteiger partial charge in [-0.3, -0.25) is 29.5 Å². The number of amides is 2. The molecular weight excluding hydrogens is 445 g/mol. The maximum atomic E-state index is 13.5. The van der Waals surface area contributed by atoms with E-state index >= 15 is 0 Å². The van der Waals surface area contributed by atoms with Gasteiger partial charge in [-0.2, -0.15) is 4.39 Å². The molecule has 0 atom stereocenters. The Morgan fingerprint density at radius 3 is 2.44 bits per heavy atom. The van der Waals surface area contributed by atoms with Crippen LogP contribution in [0, 0.1) is 10.1 Å². The number of piperazine rings is 1. The third kappa shape index (κ3) is 4.68. The third-order valence-electron chi connectivity index (χ3n) is 5.67. The summed E-state index contributed by atoms with van der Waals surface area (Å²) in [7, 11) is 0. The Morgan fingerprint density at radius 2 is 1.79 bits per heavy atom. The summed E-state index contributed by atoms with van der Waals surface area (Å²) in [6, 6.07) is 7.76. The van der Waals surface area contributed by atoms with Gasteiger partial charge < -0.3 is 15.1 Å². The molecule has 1 aromatic heterocycles. The number of rotatable bonds is 5. The SMILES string of the molecule is CC(=O)N1CCN(c2cnc3cc(C(=O)F)cc(NC(=O)c4cccc([N+](=O)[O-])c4)c3c2)CC1. The fourth-order valence-corrected chi connectivity index (χ4v) is 3.84. The number of nitro groups is 1. The van der Waals surface area contributed by atoms with Crippen molar-refractivity contribution in [1.82, 2.24) is 9.88 Å². The van der Waals surface area contributed by atoms with Gasteiger partial charge in [-0.15, -0.1) is 0 Å². The van der Waals surface area contributed by atoms with Crippen molar-refractivity contribution in [2.75, 3.05) is 36.4 Å². The van der Waals surface area contributed by atoms with E-state index in [2.05, 4.69) is 10.3 Å². The number of non-ortho nitro benzene ring substituents is 1. The molecule has 11 heteroatoms. The van der Waals surface area contributed by atoms with Gasteiger partial charge in [-0.1, -0.05) is 6.07 Å². The number of benzene rings is 2. The largest absolute Gasteiger partial charge is 0.367 e. The zero-order chi connectivity index (χ0) is 24.4. The Balaban J connectivity index is 1.69. The molecule has 10 nitrogen and oxygen atoms in total. The summed E-state index contributed by atoms with van der Waals surface area (Å²) in [6.45, 7) is 3.80.